The maximum atomic E-state index is 5.36. The van der Waals surface area contributed by atoms with Gasteiger partial charge in [-0.1, -0.05) is 0 Å². The van der Waals surface area contributed by atoms with Gasteiger partial charge in [-0.2, -0.15) is 0 Å². The molecular weight excluding hydrogens is 234 g/mol. The van der Waals surface area contributed by atoms with E-state index in [9.17, 15) is 0 Å². The molecule has 18 heavy (non-hydrogen) atoms. The highest BCUT2D eigenvalue weighted by Gasteiger charge is 2.22. The monoisotopic (exact) mass is 255 g/mol. The predicted molar refractivity (Wildman–Crippen MR) is 65.2 cm³/mol. The fourth-order valence-corrected chi connectivity index (χ4v) is 2.14. The molecule has 1 aliphatic rings. The third-order valence-electron chi connectivity index (χ3n) is 3.20. The first kappa shape index (κ1) is 13.4. The van der Waals surface area contributed by atoms with Crippen molar-refractivity contribution in [2.75, 3.05) is 33.5 Å². The Bertz CT molecular complexity index is 351. The van der Waals surface area contributed by atoms with E-state index in [1.807, 2.05) is 4.68 Å². The van der Waals surface area contributed by atoms with Crippen LogP contribution in [0.4, 0.5) is 0 Å². The summed E-state index contributed by atoms with van der Waals surface area (Å²) in [5, 5.41) is 15.4. The quantitative estimate of drug-likeness (QED) is 0.738. The number of hydrogen-bond acceptors (Lipinski definition) is 6. The van der Waals surface area contributed by atoms with Gasteiger partial charge in [-0.05, 0) is 30.2 Å². The fourth-order valence-electron chi connectivity index (χ4n) is 2.14. The number of ether oxygens (including phenoxy) is 2. The third-order valence-corrected chi connectivity index (χ3v) is 3.20. The molecule has 0 aromatic carbocycles. The Morgan fingerprint density at radius 3 is 3.00 bits per heavy atom. The number of rotatable bonds is 6. The van der Waals surface area contributed by atoms with E-state index >= 15 is 0 Å². The van der Waals surface area contributed by atoms with E-state index in [4.69, 9.17) is 9.47 Å². The van der Waals surface area contributed by atoms with Crippen molar-refractivity contribution in [3.8, 4) is 0 Å². The van der Waals surface area contributed by atoms with Gasteiger partial charge in [-0.15, -0.1) is 5.10 Å². The number of hydrogen-bond donors (Lipinski definition) is 1. The van der Waals surface area contributed by atoms with Gasteiger partial charge in [0.1, 0.15) is 0 Å². The van der Waals surface area contributed by atoms with Gasteiger partial charge in [-0.25, -0.2) is 4.68 Å². The molecule has 1 N–H and O–H groups in total. The Morgan fingerprint density at radius 1 is 1.50 bits per heavy atom. The lowest BCUT2D eigenvalue weighted by Crippen LogP contribution is -2.28. The smallest absolute Gasteiger partial charge is 0.168 e. The van der Waals surface area contributed by atoms with Gasteiger partial charge in [0.05, 0.1) is 18.7 Å². The normalized spacial score (nSPS) is 19.0. The van der Waals surface area contributed by atoms with Crippen molar-refractivity contribution in [3.63, 3.8) is 0 Å². The van der Waals surface area contributed by atoms with Crippen LogP contribution >= 0.6 is 0 Å². The number of nitrogens with zero attached hydrogens (tertiary/aromatic N) is 4. The minimum atomic E-state index is 0.123. The molecule has 1 aromatic rings. The van der Waals surface area contributed by atoms with Crippen LogP contribution in [-0.2, 0) is 9.47 Å². The molecule has 102 valence electrons. The molecule has 7 heteroatoms. The average Bonchev–Trinajstić information content (AvgIpc) is 2.89. The summed E-state index contributed by atoms with van der Waals surface area (Å²) in [7, 11) is 1.69. The molecule has 0 amide bonds. The molecule has 0 spiro atoms. The van der Waals surface area contributed by atoms with Crippen molar-refractivity contribution in [2.45, 2.75) is 31.8 Å². The Kier molecular flexibility index (Phi) is 5.03. The van der Waals surface area contributed by atoms with Crippen LogP contribution in [0.1, 0.15) is 37.7 Å². The Balaban J connectivity index is 1.97. The van der Waals surface area contributed by atoms with Crippen LogP contribution in [0, 0.1) is 0 Å². The predicted octanol–water partition coefficient (Wildman–Crippen LogP) is 0.322. The number of nitrogens with one attached hydrogen (secondary N) is 1. The van der Waals surface area contributed by atoms with Gasteiger partial charge in [0, 0.05) is 26.9 Å². The maximum absolute atomic E-state index is 5.36. The van der Waals surface area contributed by atoms with Crippen LogP contribution in [0.15, 0.2) is 0 Å². The van der Waals surface area contributed by atoms with Gasteiger partial charge in [0.2, 0.25) is 0 Å². The number of tetrazole rings is 1. The molecule has 1 unspecified atom stereocenters. The number of methoxy groups -OCH3 is 1. The summed E-state index contributed by atoms with van der Waals surface area (Å²) < 4.78 is 12.3. The fraction of sp³-hybridized carbons (Fsp3) is 0.909. The van der Waals surface area contributed by atoms with E-state index in [2.05, 4.69) is 27.8 Å². The zero-order valence-corrected chi connectivity index (χ0v) is 11.0. The standard InChI is InChI=1S/C11H21N5O2/c1-9(12-5-8-17-2)11-13-14-15-16(11)10-3-6-18-7-4-10/h9-10,12H,3-8H2,1-2H3. The van der Waals surface area contributed by atoms with Crippen LogP contribution in [-0.4, -0.2) is 53.7 Å². The van der Waals surface area contributed by atoms with E-state index in [-0.39, 0.29) is 6.04 Å². The molecule has 7 nitrogen and oxygen atoms in total. The van der Waals surface area contributed by atoms with Crippen molar-refractivity contribution in [1.29, 1.82) is 0 Å². The van der Waals surface area contributed by atoms with Crippen molar-refractivity contribution >= 4 is 0 Å². The van der Waals surface area contributed by atoms with Gasteiger partial charge in [-0.3, -0.25) is 0 Å². The molecule has 0 aliphatic carbocycles. The van der Waals surface area contributed by atoms with E-state index in [0.717, 1.165) is 38.4 Å². The first-order chi connectivity index (χ1) is 8.83. The van der Waals surface area contributed by atoms with Crippen molar-refractivity contribution in [1.82, 2.24) is 25.5 Å². The lowest BCUT2D eigenvalue weighted by molar-refractivity contribution is 0.0643. The SMILES string of the molecule is COCCNC(C)c1nnnn1C1CCOCC1. The molecule has 2 rings (SSSR count). The molecule has 0 radical (unpaired) electrons. The molecule has 1 aliphatic heterocycles. The molecule has 1 fully saturated rings. The van der Waals surface area contributed by atoms with Crippen LogP contribution in [0.5, 0.6) is 0 Å². The first-order valence-electron chi connectivity index (χ1n) is 6.40. The van der Waals surface area contributed by atoms with Crippen molar-refractivity contribution in [3.05, 3.63) is 5.82 Å². The van der Waals surface area contributed by atoms with Crippen molar-refractivity contribution in [2.24, 2.45) is 0 Å². The van der Waals surface area contributed by atoms with Crippen LogP contribution in [0.2, 0.25) is 0 Å². The van der Waals surface area contributed by atoms with Gasteiger partial charge in [0.15, 0.2) is 5.82 Å². The minimum absolute atomic E-state index is 0.123. The summed E-state index contributed by atoms with van der Waals surface area (Å²) in [6.07, 6.45) is 1.95. The van der Waals surface area contributed by atoms with Gasteiger partial charge < -0.3 is 14.8 Å². The second-order valence-electron chi connectivity index (χ2n) is 4.49. The minimum Gasteiger partial charge on any atom is -0.383 e. The molecule has 2 heterocycles. The lowest BCUT2D eigenvalue weighted by atomic mass is 10.1. The van der Waals surface area contributed by atoms with E-state index in [1.165, 1.54) is 0 Å². The summed E-state index contributed by atoms with van der Waals surface area (Å²) in [5.41, 5.74) is 0. The lowest BCUT2D eigenvalue weighted by Gasteiger charge is -2.24. The van der Waals surface area contributed by atoms with Crippen LogP contribution < -0.4 is 5.32 Å². The van der Waals surface area contributed by atoms with Gasteiger partial charge >= 0.3 is 0 Å². The Hall–Kier alpha value is -1.05. The summed E-state index contributed by atoms with van der Waals surface area (Å²) in [6.45, 7) is 5.11. The Labute approximate surface area is 107 Å². The summed E-state index contributed by atoms with van der Waals surface area (Å²) >= 11 is 0. The first-order valence-corrected chi connectivity index (χ1v) is 6.40. The van der Waals surface area contributed by atoms with Gasteiger partial charge in [0.25, 0.3) is 0 Å². The molecular formula is C11H21N5O2. The second kappa shape index (κ2) is 6.77. The van der Waals surface area contributed by atoms with E-state index < -0.39 is 0 Å². The van der Waals surface area contributed by atoms with Crippen LogP contribution in [0.25, 0.3) is 0 Å². The van der Waals surface area contributed by atoms with Crippen LogP contribution in [0.3, 0.4) is 0 Å². The highest BCUT2D eigenvalue weighted by Crippen LogP contribution is 2.22. The molecule has 1 saturated heterocycles. The largest absolute Gasteiger partial charge is 0.383 e. The topological polar surface area (TPSA) is 74.1 Å². The zero-order chi connectivity index (χ0) is 12.8. The van der Waals surface area contributed by atoms with Crippen molar-refractivity contribution < 1.29 is 9.47 Å². The summed E-state index contributed by atoms with van der Waals surface area (Å²) in [5.74, 6) is 0.887. The highest BCUT2D eigenvalue weighted by atomic mass is 16.5. The summed E-state index contributed by atoms with van der Waals surface area (Å²) in [4.78, 5) is 0. The summed E-state index contributed by atoms with van der Waals surface area (Å²) in [6, 6.07) is 0.480. The molecule has 1 aromatic heterocycles. The highest BCUT2D eigenvalue weighted by molar-refractivity contribution is 4.92. The average molecular weight is 255 g/mol. The van der Waals surface area contributed by atoms with E-state index in [1.54, 1.807) is 7.11 Å². The maximum Gasteiger partial charge on any atom is 0.168 e. The zero-order valence-electron chi connectivity index (χ0n) is 11.0. The number of aromatic nitrogens is 4. The Morgan fingerprint density at radius 2 is 2.28 bits per heavy atom. The molecule has 1 atom stereocenters. The van der Waals surface area contributed by atoms with E-state index in [0.29, 0.717) is 12.6 Å². The third kappa shape index (κ3) is 3.24. The molecule has 0 saturated carbocycles. The second-order valence-corrected chi connectivity index (χ2v) is 4.49. The molecule has 0 bridgehead atoms.